The molecule has 2 unspecified atom stereocenters. The normalized spacial score (nSPS) is 21.2. The van der Waals surface area contributed by atoms with Gasteiger partial charge in [-0.1, -0.05) is 12.0 Å². The quantitative estimate of drug-likeness (QED) is 0.644. The van der Waals surface area contributed by atoms with Crippen molar-refractivity contribution < 1.29 is 23.9 Å². The fourth-order valence-electron chi connectivity index (χ4n) is 2.81. The molecule has 7 heteroatoms. The average Bonchev–Trinajstić information content (AvgIpc) is 2.80. The molecule has 2 atom stereocenters. The first-order valence-electron chi connectivity index (χ1n) is 7.41. The SMILES string of the molecule is C#CC(C)Oc1cccc2c1C(=O)N(C1CCC(=O)NC1=O)C2=O. The van der Waals surface area contributed by atoms with Crippen LogP contribution in [0, 0.1) is 12.3 Å². The van der Waals surface area contributed by atoms with Crippen molar-refractivity contribution in [3.63, 3.8) is 0 Å². The van der Waals surface area contributed by atoms with Gasteiger partial charge in [-0.15, -0.1) is 6.42 Å². The lowest BCUT2D eigenvalue weighted by atomic mass is 10.0. The molecular formula is C17H14N2O5. The molecule has 122 valence electrons. The highest BCUT2D eigenvalue weighted by Gasteiger charge is 2.46. The summed E-state index contributed by atoms with van der Waals surface area (Å²) in [5.41, 5.74) is 0.251. The standard InChI is InChI=1S/C17H14N2O5/c1-3-9(2)24-12-6-4-5-10-14(12)17(23)19(16(10)22)11-7-8-13(20)18-15(11)21/h1,4-6,9,11H,7-8H2,2H3,(H,18,20,21). The van der Waals surface area contributed by atoms with Gasteiger partial charge < -0.3 is 4.74 Å². The first-order chi connectivity index (χ1) is 11.4. The molecule has 0 bridgehead atoms. The van der Waals surface area contributed by atoms with E-state index in [0.29, 0.717) is 0 Å². The van der Waals surface area contributed by atoms with Crippen LogP contribution in [0.2, 0.25) is 0 Å². The third-order valence-electron chi connectivity index (χ3n) is 3.97. The molecule has 0 aromatic heterocycles. The number of imide groups is 2. The molecule has 0 aliphatic carbocycles. The van der Waals surface area contributed by atoms with Crippen LogP contribution in [0.25, 0.3) is 0 Å². The van der Waals surface area contributed by atoms with E-state index in [-0.39, 0.29) is 29.7 Å². The molecule has 0 radical (unpaired) electrons. The Kier molecular flexibility index (Phi) is 3.81. The van der Waals surface area contributed by atoms with Gasteiger partial charge in [0.2, 0.25) is 11.8 Å². The van der Waals surface area contributed by atoms with Gasteiger partial charge in [0.25, 0.3) is 11.8 Å². The fraction of sp³-hybridized carbons (Fsp3) is 0.294. The number of terminal acetylenes is 1. The zero-order valence-corrected chi connectivity index (χ0v) is 12.9. The molecule has 0 saturated carbocycles. The largest absolute Gasteiger partial charge is 0.477 e. The van der Waals surface area contributed by atoms with E-state index in [4.69, 9.17) is 11.2 Å². The highest BCUT2D eigenvalue weighted by molar-refractivity contribution is 6.24. The second-order valence-electron chi connectivity index (χ2n) is 5.55. The van der Waals surface area contributed by atoms with Gasteiger partial charge in [-0.25, -0.2) is 0 Å². The number of amides is 4. The first kappa shape index (κ1) is 15.7. The molecule has 24 heavy (non-hydrogen) atoms. The Morgan fingerprint density at radius 3 is 2.71 bits per heavy atom. The minimum absolute atomic E-state index is 0.0707. The predicted molar refractivity (Wildman–Crippen MR) is 82.0 cm³/mol. The van der Waals surface area contributed by atoms with Gasteiger partial charge in [0, 0.05) is 6.42 Å². The number of nitrogens with zero attached hydrogens (tertiary/aromatic N) is 1. The fourth-order valence-corrected chi connectivity index (χ4v) is 2.81. The molecule has 2 aliphatic heterocycles. The molecule has 4 amide bonds. The minimum atomic E-state index is -1.01. The Morgan fingerprint density at radius 1 is 1.29 bits per heavy atom. The summed E-state index contributed by atoms with van der Waals surface area (Å²) in [5.74, 6) is 0.313. The summed E-state index contributed by atoms with van der Waals surface area (Å²) in [6, 6.07) is 3.62. The number of carbonyl (C=O) groups excluding carboxylic acids is 4. The lowest BCUT2D eigenvalue weighted by molar-refractivity contribution is -0.136. The van der Waals surface area contributed by atoms with Gasteiger partial charge in [0.1, 0.15) is 11.8 Å². The Hall–Kier alpha value is -3.14. The second kappa shape index (κ2) is 5.81. The second-order valence-corrected chi connectivity index (χ2v) is 5.55. The van der Waals surface area contributed by atoms with Gasteiger partial charge >= 0.3 is 0 Å². The van der Waals surface area contributed by atoms with Crippen molar-refractivity contribution in [1.82, 2.24) is 10.2 Å². The van der Waals surface area contributed by atoms with E-state index in [9.17, 15) is 19.2 Å². The number of piperidine rings is 1. The van der Waals surface area contributed by atoms with Crippen molar-refractivity contribution in [2.45, 2.75) is 31.9 Å². The van der Waals surface area contributed by atoms with Crippen LogP contribution in [-0.4, -0.2) is 40.7 Å². The van der Waals surface area contributed by atoms with Crippen molar-refractivity contribution in [3.05, 3.63) is 29.3 Å². The van der Waals surface area contributed by atoms with Crippen LogP contribution in [0.5, 0.6) is 5.75 Å². The lowest BCUT2D eigenvalue weighted by Gasteiger charge is -2.27. The van der Waals surface area contributed by atoms with Crippen LogP contribution in [0.15, 0.2) is 18.2 Å². The van der Waals surface area contributed by atoms with E-state index < -0.39 is 35.8 Å². The summed E-state index contributed by atoms with van der Waals surface area (Å²) in [4.78, 5) is 49.5. The summed E-state index contributed by atoms with van der Waals surface area (Å²) in [5, 5.41) is 2.15. The number of nitrogens with one attached hydrogen (secondary N) is 1. The van der Waals surface area contributed by atoms with E-state index in [1.54, 1.807) is 19.1 Å². The van der Waals surface area contributed by atoms with Gasteiger partial charge in [0.05, 0.1) is 11.1 Å². The number of ether oxygens (including phenoxy) is 1. The molecule has 2 heterocycles. The van der Waals surface area contributed by atoms with Gasteiger partial charge in [-0.2, -0.15) is 0 Å². The van der Waals surface area contributed by atoms with Crippen LogP contribution in [0.1, 0.15) is 40.5 Å². The molecule has 1 aromatic carbocycles. The third kappa shape index (κ3) is 2.42. The smallest absolute Gasteiger partial charge is 0.266 e. The summed E-state index contributed by atoms with van der Waals surface area (Å²) in [6.07, 6.45) is 4.88. The number of fused-ring (bicyclic) bond motifs is 1. The van der Waals surface area contributed by atoms with Crippen molar-refractivity contribution in [2.24, 2.45) is 0 Å². The highest BCUT2D eigenvalue weighted by atomic mass is 16.5. The minimum Gasteiger partial charge on any atom is -0.477 e. The Bertz CT molecular complexity index is 808. The lowest BCUT2D eigenvalue weighted by Crippen LogP contribution is -2.54. The average molecular weight is 326 g/mol. The molecule has 2 aliphatic rings. The Labute approximate surface area is 138 Å². The molecule has 3 rings (SSSR count). The monoisotopic (exact) mass is 326 g/mol. The maximum absolute atomic E-state index is 12.7. The molecular weight excluding hydrogens is 312 g/mol. The topological polar surface area (TPSA) is 92.8 Å². The first-order valence-corrected chi connectivity index (χ1v) is 7.41. The van der Waals surface area contributed by atoms with Crippen molar-refractivity contribution >= 4 is 23.6 Å². The zero-order chi connectivity index (χ0) is 17.4. The van der Waals surface area contributed by atoms with Gasteiger partial charge in [-0.3, -0.25) is 29.4 Å². The van der Waals surface area contributed by atoms with Crippen LogP contribution in [0.3, 0.4) is 0 Å². The Morgan fingerprint density at radius 2 is 2.04 bits per heavy atom. The molecule has 1 aromatic rings. The summed E-state index contributed by atoms with van der Waals surface area (Å²) in [7, 11) is 0. The van der Waals surface area contributed by atoms with Crippen molar-refractivity contribution in [1.29, 1.82) is 0 Å². The van der Waals surface area contributed by atoms with Gasteiger partial charge in [-0.05, 0) is 25.5 Å². The maximum atomic E-state index is 12.7. The van der Waals surface area contributed by atoms with Crippen molar-refractivity contribution in [3.8, 4) is 18.1 Å². The van der Waals surface area contributed by atoms with Crippen LogP contribution in [0.4, 0.5) is 0 Å². The highest BCUT2D eigenvalue weighted by Crippen LogP contribution is 2.33. The summed E-state index contributed by atoms with van der Waals surface area (Å²) < 4.78 is 5.51. The molecule has 1 saturated heterocycles. The van der Waals surface area contributed by atoms with E-state index in [1.807, 2.05) is 0 Å². The molecule has 7 nitrogen and oxygen atoms in total. The number of hydrogen-bond donors (Lipinski definition) is 1. The van der Waals surface area contributed by atoms with Crippen LogP contribution in [-0.2, 0) is 9.59 Å². The predicted octanol–water partition coefficient (Wildman–Crippen LogP) is 0.488. The molecule has 1 N–H and O–H groups in total. The third-order valence-corrected chi connectivity index (χ3v) is 3.97. The molecule has 0 spiro atoms. The van der Waals surface area contributed by atoms with Crippen LogP contribution >= 0.6 is 0 Å². The number of carbonyl (C=O) groups is 4. The zero-order valence-electron chi connectivity index (χ0n) is 12.9. The van der Waals surface area contributed by atoms with E-state index in [1.165, 1.54) is 6.07 Å². The number of hydrogen-bond acceptors (Lipinski definition) is 5. The number of rotatable bonds is 3. The number of benzene rings is 1. The molecule has 1 fully saturated rings. The van der Waals surface area contributed by atoms with Crippen molar-refractivity contribution in [2.75, 3.05) is 0 Å². The van der Waals surface area contributed by atoms with Crippen LogP contribution < -0.4 is 10.1 Å². The van der Waals surface area contributed by atoms with E-state index >= 15 is 0 Å². The summed E-state index contributed by atoms with van der Waals surface area (Å²) >= 11 is 0. The van der Waals surface area contributed by atoms with E-state index in [2.05, 4.69) is 11.2 Å². The maximum Gasteiger partial charge on any atom is 0.266 e. The Balaban J connectivity index is 1.97. The summed E-state index contributed by atoms with van der Waals surface area (Å²) in [6.45, 7) is 1.64. The van der Waals surface area contributed by atoms with Gasteiger partial charge in [0.15, 0.2) is 6.10 Å². The van der Waals surface area contributed by atoms with E-state index in [0.717, 1.165) is 4.90 Å².